The molecule has 1 aliphatic heterocycles. The summed E-state index contributed by atoms with van der Waals surface area (Å²) >= 11 is 1.33. The Kier molecular flexibility index (Phi) is 5.81. The van der Waals surface area contributed by atoms with Gasteiger partial charge in [0.15, 0.2) is 5.13 Å². The van der Waals surface area contributed by atoms with Crippen LogP contribution < -0.4 is 15.1 Å². The number of amides is 2. The van der Waals surface area contributed by atoms with E-state index >= 15 is 0 Å². The number of thiazole rings is 1. The van der Waals surface area contributed by atoms with Gasteiger partial charge in [-0.25, -0.2) is 9.99 Å². The van der Waals surface area contributed by atoms with Crippen molar-refractivity contribution in [2.75, 3.05) is 17.4 Å². The minimum Gasteiger partial charge on any atom is -0.496 e. The number of hydrogen-bond donors (Lipinski definition) is 1. The number of rotatable bonds is 5. The number of ether oxygens (including phenoxy) is 1. The van der Waals surface area contributed by atoms with Gasteiger partial charge in [-0.2, -0.15) is 5.10 Å². The van der Waals surface area contributed by atoms with E-state index in [4.69, 9.17) is 4.74 Å². The van der Waals surface area contributed by atoms with Gasteiger partial charge in [-0.05, 0) is 43.7 Å². The summed E-state index contributed by atoms with van der Waals surface area (Å²) in [4.78, 5) is 29.7. The van der Waals surface area contributed by atoms with Crippen LogP contribution in [0, 0.1) is 13.8 Å². The molecule has 8 heteroatoms. The molecule has 2 aromatic carbocycles. The van der Waals surface area contributed by atoms with Crippen LogP contribution in [-0.2, 0) is 9.59 Å². The Bertz CT molecular complexity index is 1190. The van der Waals surface area contributed by atoms with Crippen molar-refractivity contribution in [3.05, 3.63) is 59.0 Å². The first kappa shape index (κ1) is 20.7. The monoisotopic (exact) mass is 434 g/mol. The highest BCUT2D eigenvalue weighted by atomic mass is 32.1. The molecule has 0 bridgehead atoms. The first-order chi connectivity index (χ1) is 14.9. The molecule has 0 fully saturated rings. The van der Waals surface area contributed by atoms with Gasteiger partial charge in [-0.15, -0.1) is 11.3 Å². The highest BCUT2D eigenvalue weighted by molar-refractivity contribution is 7.14. The molecule has 0 aliphatic carbocycles. The third-order valence-corrected chi connectivity index (χ3v) is 5.65. The maximum atomic E-state index is 12.8. The molecule has 0 radical (unpaired) electrons. The lowest BCUT2D eigenvalue weighted by atomic mass is 10.1. The van der Waals surface area contributed by atoms with Crippen molar-refractivity contribution in [3.8, 4) is 17.0 Å². The third kappa shape index (κ3) is 4.49. The number of nitrogens with one attached hydrogen (secondary N) is 1. The zero-order valence-electron chi connectivity index (χ0n) is 17.5. The molecule has 0 spiro atoms. The number of anilines is 2. The van der Waals surface area contributed by atoms with Gasteiger partial charge < -0.3 is 4.74 Å². The smallest absolute Gasteiger partial charge is 0.273 e. The zero-order chi connectivity index (χ0) is 22.0. The van der Waals surface area contributed by atoms with Gasteiger partial charge >= 0.3 is 0 Å². The lowest BCUT2D eigenvalue weighted by Gasteiger charge is -2.23. The van der Waals surface area contributed by atoms with Gasteiger partial charge in [0, 0.05) is 23.8 Å². The summed E-state index contributed by atoms with van der Waals surface area (Å²) in [6, 6.07) is 13.3. The normalized spacial score (nSPS) is 13.7. The molecule has 3 aromatic rings. The van der Waals surface area contributed by atoms with E-state index in [0.717, 1.165) is 28.1 Å². The molecule has 0 atom stereocenters. The molecule has 1 aromatic heterocycles. The van der Waals surface area contributed by atoms with Gasteiger partial charge in [0.2, 0.25) is 5.91 Å². The number of aromatic nitrogens is 1. The van der Waals surface area contributed by atoms with Crippen molar-refractivity contribution in [1.82, 2.24) is 4.98 Å². The second-order valence-corrected chi connectivity index (χ2v) is 8.15. The highest BCUT2D eigenvalue weighted by Gasteiger charge is 2.26. The number of hydrogen-bond acceptors (Lipinski definition) is 6. The molecule has 31 heavy (non-hydrogen) atoms. The van der Waals surface area contributed by atoms with Crippen LogP contribution in [0.5, 0.6) is 5.75 Å². The number of carbonyl (C=O) groups is 2. The summed E-state index contributed by atoms with van der Waals surface area (Å²) in [5.74, 6) is 0.227. The van der Waals surface area contributed by atoms with Gasteiger partial charge in [0.05, 0.1) is 18.5 Å². The first-order valence-corrected chi connectivity index (χ1v) is 10.7. The lowest BCUT2D eigenvalue weighted by Crippen LogP contribution is -2.36. The standard InChI is InChI=1S/C23H22N4O3S/c1-14-5-4-6-16(11-14)27-21(28)10-8-18(26-27)22(29)25-23-24-19(13-31-23)17-12-15(2)7-9-20(17)30-3/h4-7,9,11-13H,8,10H2,1-3H3,(H,24,25,29). The Balaban J connectivity index is 1.54. The summed E-state index contributed by atoms with van der Waals surface area (Å²) < 4.78 is 5.43. The van der Waals surface area contributed by atoms with Gasteiger partial charge in [0.1, 0.15) is 11.5 Å². The molecule has 4 rings (SSSR count). The quantitative estimate of drug-likeness (QED) is 0.638. The van der Waals surface area contributed by atoms with Crippen molar-refractivity contribution < 1.29 is 14.3 Å². The molecule has 0 unspecified atom stereocenters. The summed E-state index contributed by atoms with van der Waals surface area (Å²) in [5.41, 5.74) is 4.64. The zero-order valence-corrected chi connectivity index (χ0v) is 18.3. The first-order valence-electron chi connectivity index (χ1n) is 9.83. The second kappa shape index (κ2) is 8.69. The average Bonchev–Trinajstić information content (AvgIpc) is 3.22. The predicted octanol–water partition coefficient (Wildman–Crippen LogP) is 4.56. The van der Waals surface area contributed by atoms with E-state index in [0.29, 0.717) is 16.5 Å². The molecule has 1 N–H and O–H groups in total. The Morgan fingerprint density at radius 3 is 2.71 bits per heavy atom. The van der Waals surface area contributed by atoms with Crippen LogP contribution in [-0.4, -0.2) is 29.6 Å². The van der Waals surface area contributed by atoms with Crippen molar-refractivity contribution in [3.63, 3.8) is 0 Å². The molecule has 2 amide bonds. The Labute approximate surface area is 184 Å². The average molecular weight is 435 g/mol. The van der Waals surface area contributed by atoms with E-state index in [-0.39, 0.29) is 24.7 Å². The van der Waals surface area contributed by atoms with E-state index in [9.17, 15) is 9.59 Å². The number of carbonyl (C=O) groups excluding carboxylic acids is 2. The van der Waals surface area contributed by atoms with E-state index in [1.165, 1.54) is 16.3 Å². The van der Waals surface area contributed by atoms with Crippen LogP contribution in [0.4, 0.5) is 10.8 Å². The van der Waals surface area contributed by atoms with Crippen molar-refractivity contribution in [2.24, 2.45) is 5.10 Å². The Morgan fingerprint density at radius 2 is 1.94 bits per heavy atom. The van der Waals surface area contributed by atoms with Crippen LogP contribution in [0.2, 0.25) is 0 Å². The number of methoxy groups -OCH3 is 1. The predicted molar refractivity (Wildman–Crippen MR) is 123 cm³/mol. The van der Waals surface area contributed by atoms with E-state index < -0.39 is 0 Å². The summed E-state index contributed by atoms with van der Waals surface area (Å²) in [7, 11) is 1.62. The van der Waals surface area contributed by atoms with Gasteiger partial charge in [-0.3, -0.25) is 14.9 Å². The number of hydrazone groups is 1. The summed E-state index contributed by atoms with van der Waals surface area (Å²) in [6.07, 6.45) is 0.515. The fourth-order valence-electron chi connectivity index (χ4n) is 3.32. The third-order valence-electron chi connectivity index (χ3n) is 4.90. The van der Waals surface area contributed by atoms with Gasteiger partial charge in [-0.1, -0.05) is 23.8 Å². The molecule has 0 saturated heterocycles. The van der Waals surface area contributed by atoms with Crippen molar-refractivity contribution >= 4 is 39.7 Å². The fourth-order valence-corrected chi connectivity index (χ4v) is 4.03. The molecule has 0 saturated carbocycles. The van der Waals surface area contributed by atoms with Crippen LogP contribution in [0.15, 0.2) is 52.9 Å². The molecule has 7 nitrogen and oxygen atoms in total. The lowest BCUT2D eigenvalue weighted by molar-refractivity contribution is -0.118. The molecular weight excluding hydrogens is 412 g/mol. The highest BCUT2D eigenvalue weighted by Crippen LogP contribution is 2.33. The largest absolute Gasteiger partial charge is 0.496 e. The summed E-state index contributed by atoms with van der Waals surface area (Å²) in [5, 5.41) is 10.8. The van der Waals surface area contributed by atoms with Crippen LogP contribution in [0.1, 0.15) is 24.0 Å². The van der Waals surface area contributed by atoms with E-state index in [2.05, 4.69) is 15.4 Å². The molecule has 1 aliphatic rings. The summed E-state index contributed by atoms with van der Waals surface area (Å²) in [6.45, 7) is 3.94. The van der Waals surface area contributed by atoms with Crippen LogP contribution in [0.3, 0.4) is 0 Å². The van der Waals surface area contributed by atoms with Crippen molar-refractivity contribution in [1.29, 1.82) is 0 Å². The number of nitrogens with zero attached hydrogens (tertiary/aromatic N) is 3. The number of aryl methyl sites for hydroxylation is 2. The van der Waals surface area contributed by atoms with Crippen molar-refractivity contribution in [2.45, 2.75) is 26.7 Å². The fraction of sp³-hybridized carbons (Fsp3) is 0.217. The second-order valence-electron chi connectivity index (χ2n) is 7.29. The van der Waals surface area contributed by atoms with E-state index in [1.54, 1.807) is 13.2 Å². The minimum absolute atomic E-state index is 0.134. The molecule has 2 heterocycles. The number of benzene rings is 2. The topological polar surface area (TPSA) is 83.9 Å². The van der Waals surface area contributed by atoms with Crippen LogP contribution >= 0.6 is 11.3 Å². The Hall–Kier alpha value is -3.52. The molecular formula is C23H22N4O3S. The molecule has 158 valence electrons. The maximum Gasteiger partial charge on any atom is 0.273 e. The maximum absolute atomic E-state index is 12.8. The Morgan fingerprint density at radius 1 is 1.13 bits per heavy atom. The van der Waals surface area contributed by atoms with Gasteiger partial charge in [0.25, 0.3) is 5.91 Å². The SMILES string of the molecule is COc1ccc(C)cc1-c1csc(NC(=O)C2=NN(c3cccc(C)c3)C(=O)CC2)n1. The van der Waals surface area contributed by atoms with E-state index in [1.807, 2.05) is 55.6 Å². The minimum atomic E-state index is -0.359. The van der Waals surface area contributed by atoms with Crippen LogP contribution in [0.25, 0.3) is 11.3 Å².